The molecule has 0 aliphatic heterocycles. The Hall–Kier alpha value is -2.91. The van der Waals surface area contributed by atoms with Crippen LogP contribution in [0.25, 0.3) is 10.2 Å². The molecule has 0 saturated heterocycles. The van der Waals surface area contributed by atoms with E-state index in [9.17, 15) is 19.3 Å². The van der Waals surface area contributed by atoms with E-state index in [2.05, 4.69) is 4.99 Å². The summed E-state index contributed by atoms with van der Waals surface area (Å²) in [6.07, 6.45) is 0. The Morgan fingerprint density at radius 2 is 2.15 bits per heavy atom. The molecule has 0 aliphatic carbocycles. The van der Waals surface area contributed by atoms with E-state index in [0.717, 1.165) is 0 Å². The second-order valence-electron chi connectivity index (χ2n) is 5.79. The van der Waals surface area contributed by atoms with Crippen LogP contribution in [0.1, 0.15) is 15.9 Å². The Labute approximate surface area is 157 Å². The number of fused-ring (bicyclic) bond motifs is 1. The Morgan fingerprint density at radius 1 is 1.37 bits per heavy atom. The molecule has 9 heteroatoms. The van der Waals surface area contributed by atoms with Crippen molar-refractivity contribution in [3.63, 3.8) is 0 Å². The Bertz CT molecular complexity index is 1100. The van der Waals surface area contributed by atoms with Gasteiger partial charge in [-0.05, 0) is 25.1 Å². The number of benzene rings is 2. The molecular weight excluding hydrogens is 373 g/mol. The monoisotopic (exact) mass is 389 g/mol. The third kappa shape index (κ3) is 3.79. The predicted molar refractivity (Wildman–Crippen MR) is 99.4 cm³/mol. The van der Waals surface area contributed by atoms with E-state index in [1.165, 1.54) is 42.7 Å². The normalized spacial score (nSPS) is 11.9. The van der Waals surface area contributed by atoms with Gasteiger partial charge < -0.3 is 9.30 Å². The van der Waals surface area contributed by atoms with Gasteiger partial charge in [-0.1, -0.05) is 23.5 Å². The van der Waals surface area contributed by atoms with Crippen molar-refractivity contribution in [3.8, 4) is 0 Å². The summed E-state index contributed by atoms with van der Waals surface area (Å²) >= 11 is 1.17. The van der Waals surface area contributed by atoms with Crippen LogP contribution >= 0.6 is 11.3 Å². The zero-order valence-corrected chi connectivity index (χ0v) is 15.5. The predicted octanol–water partition coefficient (Wildman–Crippen LogP) is 3.45. The van der Waals surface area contributed by atoms with Crippen molar-refractivity contribution in [2.45, 2.75) is 13.5 Å². The fraction of sp³-hybridized carbons (Fsp3) is 0.222. The van der Waals surface area contributed by atoms with Crippen molar-refractivity contribution in [3.05, 3.63) is 68.3 Å². The van der Waals surface area contributed by atoms with Gasteiger partial charge in [0.05, 0.1) is 21.7 Å². The molecule has 3 aromatic rings. The molecule has 140 valence electrons. The molecule has 0 bridgehead atoms. The maximum Gasteiger partial charge on any atom is 0.279 e. The molecule has 27 heavy (non-hydrogen) atoms. The number of thiazole rings is 1. The molecule has 0 N–H and O–H groups in total. The zero-order valence-electron chi connectivity index (χ0n) is 14.6. The number of halogens is 1. The number of hydrogen-bond acceptors (Lipinski definition) is 5. The molecule has 0 unspecified atom stereocenters. The summed E-state index contributed by atoms with van der Waals surface area (Å²) in [6, 6.07) is 8.87. The number of nitro benzene ring substituents is 1. The molecule has 0 atom stereocenters. The number of aromatic nitrogens is 1. The summed E-state index contributed by atoms with van der Waals surface area (Å²) in [5, 5.41) is 11.1. The van der Waals surface area contributed by atoms with Crippen molar-refractivity contribution in [2.24, 2.45) is 4.99 Å². The smallest absolute Gasteiger partial charge is 0.279 e. The van der Waals surface area contributed by atoms with Gasteiger partial charge in [-0.15, -0.1) is 0 Å². The second-order valence-corrected chi connectivity index (χ2v) is 6.80. The van der Waals surface area contributed by atoms with E-state index >= 15 is 0 Å². The topological polar surface area (TPSA) is 86.7 Å². The lowest BCUT2D eigenvalue weighted by molar-refractivity contribution is -0.385. The fourth-order valence-corrected chi connectivity index (χ4v) is 3.72. The van der Waals surface area contributed by atoms with Gasteiger partial charge in [0.2, 0.25) is 0 Å². The Kier molecular flexibility index (Phi) is 5.43. The molecular formula is C18H16FN3O4S. The highest BCUT2D eigenvalue weighted by molar-refractivity contribution is 7.16. The second kappa shape index (κ2) is 7.77. The van der Waals surface area contributed by atoms with Gasteiger partial charge in [-0.25, -0.2) is 4.39 Å². The number of aryl methyl sites for hydroxylation is 1. The average Bonchev–Trinajstić information content (AvgIpc) is 2.98. The van der Waals surface area contributed by atoms with E-state index < -0.39 is 16.6 Å². The maximum absolute atomic E-state index is 14.3. The number of carbonyl (C=O) groups excluding carboxylic acids is 1. The van der Waals surface area contributed by atoms with Gasteiger partial charge in [-0.3, -0.25) is 14.9 Å². The third-order valence-electron chi connectivity index (χ3n) is 4.02. The summed E-state index contributed by atoms with van der Waals surface area (Å²) in [5.74, 6) is -1.05. The van der Waals surface area contributed by atoms with Gasteiger partial charge in [-0.2, -0.15) is 4.99 Å². The van der Waals surface area contributed by atoms with E-state index in [0.29, 0.717) is 33.7 Å². The first kappa shape index (κ1) is 18.9. The zero-order chi connectivity index (χ0) is 19.6. The minimum Gasteiger partial charge on any atom is -0.383 e. The van der Waals surface area contributed by atoms with Crippen LogP contribution in [-0.2, 0) is 11.3 Å². The Morgan fingerprint density at radius 3 is 2.85 bits per heavy atom. The van der Waals surface area contributed by atoms with Crippen molar-refractivity contribution >= 4 is 33.1 Å². The summed E-state index contributed by atoms with van der Waals surface area (Å²) in [4.78, 5) is 27.5. The largest absolute Gasteiger partial charge is 0.383 e. The Balaban J connectivity index is 2.12. The number of rotatable bonds is 5. The van der Waals surface area contributed by atoms with E-state index in [4.69, 9.17) is 4.74 Å². The van der Waals surface area contributed by atoms with Crippen molar-refractivity contribution in [2.75, 3.05) is 13.7 Å². The highest BCUT2D eigenvalue weighted by atomic mass is 32.1. The molecule has 1 amide bonds. The van der Waals surface area contributed by atoms with Gasteiger partial charge >= 0.3 is 0 Å². The minimum atomic E-state index is -0.628. The van der Waals surface area contributed by atoms with Gasteiger partial charge in [0.25, 0.3) is 11.6 Å². The number of hydrogen-bond donors (Lipinski definition) is 0. The maximum atomic E-state index is 14.3. The van der Waals surface area contributed by atoms with Gasteiger partial charge in [0.1, 0.15) is 5.82 Å². The first-order valence-corrected chi connectivity index (χ1v) is 8.85. The van der Waals surface area contributed by atoms with Gasteiger partial charge in [0, 0.05) is 30.8 Å². The van der Waals surface area contributed by atoms with Crippen LogP contribution in [0.3, 0.4) is 0 Å². The average molecular weight is 389 g/mol. The molecule has 3 rings (SSSR count). The third-order valence-corrected chi connectivity index (χ3v) is 5.06. The molecule has 0 aliphatic rings. The van der Waals surface area contributed by atoms with E-state index in [-0.39, 0.29) is 11.3 Å². The minimum absolute atomic E-state index is 0.100. The quantitative estimate of drug-likeness (QED) is 0.494. The summed E-state index contributed by atoms with van der Waals surface area (Å²) in [7, 11) is 1.53. The molecule has 0 fully saturated rings. The SMILES string of the molecule is COCCn1c(=NC(=O)c2ccc(C)c([N+](=O)[O-])c2)sc2cccc(F)c21. The van der Waals surface area contributed by atoms with Crippen LogP contribution in [-0.4, -0.2) is 29.1 Å². The van der Waals surface area contributed by atoms with E-state index in [1.54, 1.807) is 23.6 Å². The molecule has 1 aromatic heterocycles. The molecule has 0 radical (unpaired) electrons. The highest BCUT2D eigenvalue weighted by Crippen LogP contribution is 2.22. The van der Waals surface area contributed by atoms with Crippen molar-refractivity contribution in [1.82, 2.24) is 4.57 Å². The van der Waals surface area contributed by atoms with Crippen LogP contribution in [0.2, 0.25) is 0 Å². The molecule has 7 nitrogen and oxygen atoms in total. The summed E-state index contributed by atoms with van der Waals surface area (Å²) < 4.78 is 21.6. The lowest BCUT2D eigenvalue weighted by atomic mass is 10.1. The van der Waals surface area contributed by atoms with Crippen LogP contribution in [0, 0.1) is 22.9 Å². The lowest BCUT2D eigenvalue weighted by Crippen LogP contribution is -2.20. The fourth-order valence-electron chi connectivity index (χ4n) is 2.65. The first-order chi connectivity index (χ1) is 12.9. The highest BCUT2D eigenvalue weighted by Gasteiger charge is 2.16. The number of ether oxygens (including phenoxy) is 1. The van der Waals surface area contributed by atoms with Gasteiger partial charge in [0.15, 0.2) is 4.80 Å². The molecule has 0 saturated carbocycles. The van der Waals surface area contributed by atoms with Crippen LogP contribution in [0.4, 0.5) is 10.1 Å². The van der Waals surface area contributed by atoms with E-state index in [1.807, 2.05) is 0 Å². The first-order valence-electron chi connectivity index (χ1n) is 8.03. The number of nitro groups is 1. The number of methoxy groups -OCH3 is 1. The molecule has 2 aromatic carbocycles. The number of amides is 1. The van der Waals surface area contributed by atoms with Crippen molar-refractivity contribution < 1.29 is 18.8 Å². The van der Waals surface area contributed by atoms with Crippen LogP contribution in [0.15, 0.2) is 41.4 Å². The van der Waals surface area contributed by atoms with Crippen LogP contribution in [0.5, 0.6) is 0 Å². The lowest BCUT2D eigenvalue weighted by Gasteiger charge is -2.05. The number of nitrogens with zero attached hydrogens (tertiary/aromatic N) is 3. The molecule has 1 heterocycles. The molecule has 0 spiro atoms. The van der Waals surface area contributed by atoms with Crippen molar-refractivity contribution in [1.29, 1.82) is 0 Å². The number of carbonyl (C=O) groups is 1. The van der Waals surface area contributed by atoms with Crippen LogP contribution < -0.4 is 4.80 Å². The summed E-state index contributed by atoms with van der Waals surface area (Å²) in [5.41, 5.74) is 0.755. The summed E-state index contributed by atoms with van der Waals surface area (Å²) in [6.45, 7) is 2.23. The number of para-hydroxylation sites is 1. The standard InChI is InChI=1S/C18H16FN3O4S/c1-11-6-7-12(10-14(11)22(24)25)17(23)20-18-21(8-9-26-2)16-13(19)4-3-5-15(16)27-18/h3-7,10H,8-9H2,1-2H3.